The van der Waals surface area contributed by atoms with E-state index in [4.69, 9.17) is 21.1 Å². The Morgan fingerprint density at radius 2 is 1.42 bits per heavy atom. The van der Waals surface area contributed by atoms with E-state index in [1.807, 2.05) is 6.07 Å². The number of alkyl halides is 2. The van der Waals surface area contributed by atoms with Gasteiger partial charge in [0, 0.05) is 29.7 Å². The summed E-state index contributed by atoms with van der Waals surface area (Å²) in [4.78, 5) is 27.3. The quantitative estimate of drug-likeness (QED) is 0.168. The number of piperidine rings is 1. The molecule has 13 heteroatoms. The molecule has 0 aromatic heterocycles. The Balaban J connectivity index is 1.25. The third-order valence-corrected chi connectivity index (χ3v) is 11.2. The second kappa shape index (κ2) is 15.6. The van der Waals surface area contributed by atoms with E-state index in [0.29, 0.717) is 21.7 Å². The van der Waals surface area contributed by atoms with Crippen molar-refractivity contribution >= 4 is 44.4 Å². The number of carbonyl (C=O) groups excluding carboxylic acids is 2. The lowest BCUT2D eigenvalue weighted by atomic mass is 9.96. The predicted molar refractivity (Wildman–Crippen MR) is 201 cm³/mol. The topological polar surface area (TPSA) is 114 Å². The van der Waals surface area contributed by atoms with Crippen molar-refractivity contribution in [2.24, 2.45) is 0 Å². The van der Waals surface area contributed by atoms with E-state index in [1.165, 1.54) is 41.3 Å². The van der Waals surface area contributed by atoms with Crippen LogP contribution in [0.4, 0.5) is 13.6 Å². The van der Waals surface area contributed by atoms with Crippen LogP contribution in [0.3, 0.4) is 0 Å². The van der Waals surface area contributed by atoms with Crippen LogP contribution in [0, 0.1) is 0 Å². The molecule has 4 aromatic rings. The lowest BCUT2D eigenvalue weighted by Crippen LogP contribution is -2.58. The smallest absolute Gasteiger partial charge is 0.407 e. The van der Waals surface area contributed by atoms with Gasteiger partial charge in [-0.2, -0.15) is 13.5 Å². The molecule has 1 atom stereocenters. The largest absolute Gasteiger partial charge is 0.490 e. The Morgan fingerprint density at radius 1 is 0.830 bits per heavy atom. The monoisotopic (exact) mass is 767 g/mol. The highest BCUT2D eigenvalue weighted by atomic mass is 35.5. The number of carbonyl (C=O) groups is 2. The predicted octanol–water partition coefficient (Wildman–Crippen LogP) is 8.44. The minimum Gasteiger partial charge on any atom is -0.490 e. The molecular weight excluding hydrogens is 724 g/mol. The molecule has 1 aliphatic heterocycles. The third kappa shape index (κ3) is 9.46. The fourth-order valence-electron chi connectivity index (χ4n) is 6.74. The molecule has 6 rings (SSSR count). The van der Waals surface area contributed by atoms with Gasteiger partial charge in [-0.05, 0) is 118 Å². The van der Waals surface area contributed by atoms with E-state index in [2.05, 4.69) is 10.0 Å². The molecule has 2 aliphatic rings. The van der Waals surface area contributed by atoms with E-state index in [1.54, 1.807) is 63.2 Å². The van der Waals surface area contributed by atoms with Crippen molar-refractivity contribution in [1.29, 1.82) is 0 Å². The van der Waals surface area contributed by atoms with E-state index in [0.717, 1.165) is 36.6 Å². The van der Waals surface area contributed by atoms with E-state index < -0.39 is 45.2 Å². The minimum atomic E-state index is -4.65. The van der Waals surface area contributed by atoms with Gasteiger partial charge in [0.05, 0.1) is 11.0 Å². The first-order chi connectivity index (χ1) is 25.1. The second-order valence-electron chi connectivity index (χ2n) is 14.7. The number of likely N-dealkylation sites (tertiary alicyclic amines) is 1. The molecule has 1 heterocycles. The number of rotatable bonds is 10. The van der Waals surface area contributed by atoms with Gasteiger partial charge < -0.3 is 19.7 Å². The zero-order valence-electron chi connectivity index (χ0n) is 29.9. The van der Waals surface area contributed by atoms with Gasteiger partial charge in [0.2, 0.25) is 15.9 Å². The number of fused-ring (bicyclic) bond motifs is 1. The van der Waals surface area contributed by atoms with Gasteiger partial charge in [-0.15, -0.1) is 0 Å². The van der Waals surface area contributed by atoms with Crippen molar-refractivity contribution in [3.05, 3.63) is 95.5 Å². The fraction of sp³-hybridized carbons (Fsp3) is 0.400. The molecule has 1 saturated heterocycles. The molecule has 0 radical (unpaired) electrons. The Kier molecular flexibility index (Phi) is 11.3. The minimum absolute atomic E-state index is 0.0182. The summed E-state index contributed by atoms with van der Waals surface area (Å²) in [5.74, 6) is -4.36. The van der Waals surface area contributed by atoms with Crippen LogP contribution in [0.25, 0.3) is 21.9 Å². The van der Waals surface area contributed by atoms with Crippen LogP contribution < -0.4 is 14.8 Å². The summed E-state index contributed by atoms with van der Waals surface area (Å²) < 4.78 is 74.6. The lowest BCUT2D eigenvalue weighted by Gasteiger charge is -2.36. The van der Waals surface area contributed by atoms with Gasteiger partial charge in [0.15, 0.2) is 6.04 Å². The van der Waals surface area contributed by atoms with Crippen LogP contribution in [0.2, 0.25) is 5.02 Å². The maximum absolute atomic E-state index is 16.7. The summed E-state index contributed by atoms with van der Waals surface area (Å²) in [6.45, 7) is 5.25. The number of ether oxygens (including phenoxy) is 2. The van der Waals surface area contributed by atoms with E-state index >= 15 is 8.78 Å². The van der Waals surface area contributed by atoms with Crippen molar-refractivity contribution < 1.29 is 36.3 Å². The standard InChI is InChI=1S/C40H44ClF2N3O6S/c1-39(2,3)52-38(48)44-32-20-22-46(23-21-32)37(47)36(40(42,43)30-14-8-26(9-15-30)27-10-16-31(41)17-11-27)45-53(49,50)35-19-13-28-24-34(18-12-29(28)25-35)51-33-6-4-5-7-33/h8-19,24-25,32-33,36,45H,4-7,20-23H2,1-3H3,(H,44,48). The molecule has 1 saturated carbocycles. The van der Waals surface area contributed by atoms with Crippen LogP contribution in [-0.4, -0.2) is 62.2 Å². The van der Waals surface area contributed by atoms with Crippen molar-refractivity contribution in [2.45, 2.75) is 93.9 Å². The summed E-state index contributed by atoms with van der Waals surface area (Å²) in [5.41, 5.74) is 0.137. The van der Waals surface area contributed by atoms with Crippen molar-refractivity contribution in [3.63, 3.8) is 0 Å². The van der Waals surface area contributed by atoms with Gasteiger partial charge in [-0.25, -0.2) is 13.2 Å². The number of amides is 2. The lowest BCUT2D eigenvalue weighted by molar-refractivity contribution is -0.145. The summed E-state index contributed by atoms with van der Waals surface area (Å²) in [7, 11) is -4.65. The van der Waals surface area contributed by atoms with Crippen molar-refractivity contribution in [3.8, 4) is 16.9 Å². The highest BCUT2D eigenvalue weighted by Gasteiger charge is 2.50. The molecular formula is C40H44ClF2N3O6S. The first kappa shape index (κ1) is 38.5. The molecule has 1 unspecified atom stereocenters. The average Bonchev–Trinajstić information content (AvgIpc) is 3.63. The van der Waals surface area contributed by atoms with Gasteiger partial charge in [0.25, 0.3) is 5.92 Å². The second-order valence-corrected chi connectivity index (χ2v) is 16.9. The van der Waals surface area contributed by atoms with Crippen LogP contribution in [-0.2, 0) is 25.5 Å². The number of halogens is 3. The number of nitrogens with one attached hydrogen (secondary N) is 2. The molecule has 0 bridgehead atoms. The molecule has 282 valence electrons. The van der Waals surface area contributed by atoms with Crippen LogP contribution in [0.5, 0.6) is 5.75 Å². The van der Waals surface area contributed by atoms with Crippen LogP contribution in [0.15, 0.2) is 89.8 Å². The molecule has 9 nitrogen and oxygen atoms in total. The molecule has 4 aromatic carbocycles. The summed E-state index contributed by atoms with van der Waals surface area (Å²) in [6, 6.07) is 19.1. The number of hydrogen-bond acceptors (Lipinski definition) is 6. The Labute approximate surface area is 314 Å². The summed E-state index contributed by atoms with van der Waals surface area (Å²) >= 11 is 6.01. The number of alkyl carbamates (subject to hydrolysis) is 1. The average molecular weight is 768 g/mol. The first-order valence-electron chi connectivity index (χ1n) is 17.8. The van der Waals surface area contributed by atoms with Gasteiger partial charge >= 0.3 is 6.09 Å². The first-order valence-corrected chi connectivity index (χ1v) is 19.7. The molecule has 2 fully saturated rings. The maximum Gasteiger partial charge on any atom is 0.407 e. The van der Waals surface area contributed by atoms with Crippen LogP contribution >= 0.6 is 11.6 Å². The Hall–Kier alpha value is -4.26. The number of sulfonamides is 1. The maximum atomic E-state index is 16.7. The normalized spacial score (nSPS) is 16.8. The van der Waals surface area contributed by atoms with Crippen LogP contribution in [0.1, 0.15) is 64.9 Å². The number of benzene rings is 4. The number of nitrogens with zero attached hydrogens (tertiary/aromatic N) is 1. The Morgan fingerprint density at radius 3 is 2.04 bits per heavy atom. The molecule has 0 spiro atoms. The molecule has 2 N–H and O–H groups in total. The van der Waals surface area contributed by atoms with Crippen molar-refractivity contribution in [1.82, 2.24) is 14.9 Å². The van der Waals surface area contributed by atoms with E-state index in [9.17, 15) is 18.0 Å². The fourth-order valence-corrected chi connectivity index (χ4v) is 8.09. The van der Waals surface area contributed by atoms with Gasteiger partial charge in [-0.1, -0.05) is 60.1 Å². The van der Waals surface area contributed by atoms with E-state index in [-0.39, 0.29) is 43.0 Å². The summed E-state index contributed by atoms with van der Waals surface area (Å²) in [6.07, 6.45) is 4.27. The van der Waals surface area contributed by atoms with Crippen molar-refractivity contribution in [2.75, 3.05) is 13.1 Å². The number of hydrogen-bond donors (Lipinski definition) is 2. The van der Waals surface area contributed by atoms with Gasteiger partial charge in [0.1, 0.15) is 11.4 Å². The molecule has 2 amide bonds. The highest BCUT2D eigenvalue weighted by molar-refractivity contribution is 7.89. The van der Waals surface area contributed by atoms with Gasteiger partial charge in [-0.3, -0.25) is 4.79 Å². The molecule has 1 aliphatic carbocycles. The zero-order valence-corrected chi connectivity index (χ0v) is 31.5. The third-order valence-electron chi connectivity index (χ3n) is 9.56. The zero-order chi connectivity index (χ0) is 38.0. The SMILES string of the molecule is CC(C)(C)OC(=O)NC1CCN(C(=O)C(NS(=O)(=O)c2ccc3cc(OC4CCCC4)ccc3c2)C(F)(F)c2ccc(-c3ccc(Cl)cc3)cc2)CC1. The highest BCUT2D eigenvalue weighted by Crippen LogP contribution is 2.36. The molecule has 53 heavy (non-hydrogen) atoms. The Bertz CT molecular complexity index is 2040. The summed E-state index contributed by atoms with van der Waals surface area (Å²) in [5, 5.41) is 4.58.